The SMILES string of the molecule is COc1cc(CN2CCN(C(=O)[C@H]3CCN[C@@H](C)C3)CC2)cc(OC)c1. The van der Waals surface area contributed by atoms with Gasteiger partial charge in [-0.3, -0.25) is 9.69 Å². The van der Waals surface area contributed by atoms with Crippen molar-refractivity contribution in [2.45, 2.75) is 32.4 Å². The van der Waals surface area contributed by atoms with Gasteiger partial charge in [-0.2, -0.15) is 0 Å². The van der Waals surface area contributed by atoms with Gasteiger partial charge in [0, 0.05) is 50.7 Å². The molecule has 0 unspecified atom stereocenters. The van der Waals surface area contributed by atoms with Crippen LogP contribution in [-0.4, -0.2) is 68.7 Å². The van der Waals surface area contributed by atoms with Crippen LogP contribution in [0.2, 0.25) is 0 Å². The molecule has 6 nitrogen and oxygen atoms in total. The molecule has 2 heterocycles. The lowest BCUT2D eigenvalue weighted by Crippen LogP contribution is -2.51. The summed E-state index contributed by atoms with van der Waals surface area (Å²) in [5.74, 6) is 2.17. The number of amides is 1. The van der Waals surface area contributed by atoms with Crippen LogP contribution in [0.25, 0.3) is 0 Å². The monoisotopic (exact) mass is 361 g/mol. The van der Waals surface area contributed by atoms with E-state index in [2.05, 4.69) is 34.2 Å². The largest absolute Gasteiger partial charge is 0.497 e. The number of ether oxygens (including phenoxy) is 2. The molecule has 6 heteroatoms. The zero-order valence-electron chi connectivity index (χ0n) is 16.2. The first-order valence-electron chi connectivity index (χ1n) is 9.55. The predicted molar refractivity (Wildman–Crippen MR) is 102 cm³/mol. The smallest absolute Gasteiger partial charge is 0.225 e. The summed E-state index contributed by atoms with van der Waals surface area (Å²) in [7, 11) is 3.34. The van der Waals surface area contributed by atoms with Crippen molar-refractivity contribution in [3.05, 3.63) is 23.8 Å². The van der Waals surface area contributed by atoms with Gasteiger partial charge in [0.1, 0.15) is 11.5 Å². The zero-order chi connectivity index (χ0) is 18.5. The van der Waals surface area contributed by atoms with E-state index in [4.69, 9.17) is 9.47 Å². The third-order valence-corrected chi connectivity index (χ3v) is 5.47. The molecule has 0 radical (unpaired) electrons. The van der Waals surface area contributed by atoms with E-state index in [-0.39, 0.29) is 5.92 Å². The molecule has 0 spiro atoms. The zero-order valence-corrected chi connectivity index (χ0v) is 16.2. The average Bonchev–Trinajstić information content (AvgIpc) is 2.67. The maximum atomic E-state index is 12.8. The summed E-state index contributed by atoms with van der Waals surface area (Å²) in [6, 6.07) is 6.44. The third kappa shape index (κ3) is 4.68. The van der Waals surface area contributed by atoms with E-state index in [0.717, 1.165) is 63.6 Å². The molecule has 0 aromatic heterocycles. The fraction of sp³-hybridized carbons (Fsp3) is 0.650. The number of hydrogen-bond acceptors (Lipinski definition) is 5. The van der Waals surface area contributed by atoms with Crippen molar-refractivity contribution >= 4 is 5.91 Å². The summed E-state index contributed by atoms with van der Waals surface area (Å²) >= 11 is 0. The maximum Gasteiger partial charge on any atom is 0.225 e. The predicted octanol–water partition coefficient (Wildman–Crippen LogP) is 1.74. The van der Waals surface area contributed by atoms with Crippen LogP contribution < -0.4 is 14.8 Å². The normalized spacial score (nSPS) is 24.3. The van der Waals surface area contributed by atoms with Crippen LogP contribution in [0.3, 0.4) is 0 Å². The fourth-order valence-corrected chi connectivity index (χ4v) is 3.96. The van der Waals surface area contributed by atoms with Gasteiger partial charge in [0.15, 0.2) is 0 Å². The molecular formula is C20H31N3O3. The van der Waals surface area contributed by atoms with Crippen LogP contribution in [-0.2, 0) is 11.3 Å². The molecule has 144 valence electrons. The van der Waals surface area contributed by atoms with Gasteiger partial charge in [0.05, 0.1) is 14.2 Å². The standard InChI is InChI=1S/C20H31N3O3/c1-15-10-17(4-5-21-15)20(24)23-8-6-22(7-9-23)14-16-11-18(25-2)13-19(12-16)26-3/h11-13,15,17,21H,4-10,14H2,1-3H3/t15-,17-/m0/s1. The highest BCUT2D eigenvalue weighted by molar-refractivity contribution is 5.79. The van der Waals surface area contributed by atoms with Crippen molar-refractivity contribution in [2.24, 2.45) is 5.92 Å². The van der Waals surface area contributed by atoms with Crippen molar-refractivity contribution in [3.63, 3.8) is 0 Å². The summed E-state index contributed by atoms with van der Waals surface area (Å²) in [6.45, 7) is 7.42. The van der Waals surface area contributed by atoms with Crippen molar-refractivity contribution in [1.29, 1.82) is 0 Å². The molecule has 2 aliphatic rings. The van der Waals surface area contributed by atoms with Gasteiger partial charge in [0.2, 0.25) is 5.91 Å². The Morgan fingerprint density at radius 3 is 2.35 bits per heavy atom. The van der Waals surface area contributed by atoms with Gasteiger partial charge in [0.25, 0.3) is 0 Å². The molecular weight excluding hydrogens is 330 g/mol. The molecule has 2 aliphatic heterocycles. The first-order chi connectivity index (χ1) is 12.6. The average molecular weight is 361 g/mol. The minimum Gasteiger partial charge on any atom is -0.497 e. The fourth-order valence-electron chi connectivity index (χ4n) is 3.96. The number of methoxy groups -OCH3 is 2. The highest BCUT2D eigenvalue weighted by Crippen LogP contribution is 2.24. The van der Waals surface area contributed by atoms with E-state index >= 15 is 0 Å². The van der Waals surface area contributed by atoms with Crippen molar-refractivity contribution in [3.8, 4) is 11.5 Å². The van der Waals surface area contributed by atoms with Gasteiger partial charge in [-0.05, 0) is 44.0 Å². The number of benzene rings is 1. The minimum absolute atomic E-state index is 0.195. The molecule has 2 fully saturated rings. The second kappa shape index (κ2) is 8.73. The van der Waals surface area contributed by atoms with E-state index < -0.39 is 0 Å². The Kier molecular flexibility index (Phi) is 6.38. The Hall–Kier alpha value is -1.79. The molecule has 0 bridgehead atoms. The molecule has 0 saturated carbocycles. The molecule has 2 atom stereocenters. The van der Waals surface area contributed by atoms with E-state index in [1.54, 1.807) is 14.2 Å². The van der Waals surface area contributed by atoms with Gasteiger partial charge >= 0.3 is 0 Å². The number of carbonyl (C=O) groups excluding carboxylic acids is 1. The Balaban J connectivity index is 1.53. The summed E-state index contributed by atoms with van der Waals surface area (Å²) in [5, 5.41) is 3.42. The van der Waals surface area contributed by atoms with Gasteiger partial charge in [-0.25, -0.2) is 0 Å². The highest BCUT2D eigenvalue weighted by atomic mass is 16.5. The van der Waals surface area contributed by atoms with Crippen LogP contribution in [0.4, 0.5) is 0 Å². The molecule has 2 saturated heterocycles. The van der Waals surface area contributed by atoms with Crippen molar-refractivity contribution in [2.75, 3.05) is 46.9 Å². The van der Waals surface area contributed by atoms with Crippen molar-refractivity contribution in [1.82, 2.24) is 15.1 Å². The molecule has 26 heavy (non-hydrogen) atoms. The second-order valence-electron chi connectivity index (χ2n) is 7.40. The van der Waals surface area contributed by atoms with Gasteiger partial charge in [-0.1, -0.05) is 0 Å². The van der Waals surface area contributed by atoms with Crippen LogP contribution in [0.5, 0.6) is 11.5 Å². The molecule has 3 rings (SSSR count). The van der Waals surface area contributed by atoms with Gasteiger partial charge < -0.3 is 19.7 Å². The van der Waals surface area contributed by atoms with E-state index in [0.29, 0.717) is 11.9 Å². The minimum atomic E-state index is 0.195. The number of nitrogens with one attached hydrogen (secondary N) is 1. The van der Waals surface area contributed by atoms with Crippen molar-refractivity contribution < 1.29 is 14.3 Å². The second-order valence-corrected chi connectivity index (χ2v) is 7.40. The number of nitrogens with zero attached hydrogens (tertiary/aromatic N) is 2. The third-order valence-electron chi connectivity index (χ3n) is 5.47. The first kappa shape index (κ1) is 19.0. The quantitative estimate of drug-likeness (QED) is 0.866. The molecule has 1 aromatic rings. The van der Waals surface area contributed by atoms with Gasteiger partial charge in [-0.15, -0.1) is 0 Å². The Morgan fingerprint density at radius 1 is 1.12 bits per heavy atom. The Labute approximate surface area is 156 Å². The highest BCUT2D eigenvalue weighted by Gasteiger charge is 2.30. The van der Waals surface area contributed by atoms with Crippen LogP contribution >= 0.6 is 0 Å². The number of carbonyl (C=O) groups is 1. The first-order valence-corrected chi connectivity index (χ1v) is 9.55. The summed E-state index contributed by atoms with van der Waals surface area (Å²) in [6.07, 6.45) is 1.93. The summed E-state index contributed by atoms with van der Waals surface area (Å²) in [4.78, 5) is 17.2. The van der Waals surface area contributed by atoms with Crippen LogP contribution in [0, 0.1) is 5.92 Å². The van der Waals surface area contributed by atoms with E-state index in [1.165, 1.54) is 5.56 Å². The number of piperidine rings is 1. The number of hydrogen-bond donors (Lipinski definition) is 1. The lowest BCUT2D eigenvalue weighted by Gasteiger charge is -2.38. The summed E-state index contributed by atoms with van der Waals surface area (Å²) in [5.41, 5.74) is 1.17. The Morgan fingerprint density at radius 2 is 1.77 bits per heavy atom. The van der Waals surface area contributed by atoms with E-state index in [9.17, 15) is 4.79 Å². The molecule has 1 aromatic carbocycles. The lowest BCUT2D eigenvalue weighted by molar-refractivity contribution is -0.138. The molecule has 1 N–H and O–H groups in total. The number of piperazine rings is 1. The maximum absolute atomic E-state index is 12.8. The number of rotatable bonds is 5. The Bertz CT molecular complexity index is 592. The topological polar surface area (TPSA) is 54.0 Å². The van der Waals surface area contributed by atoms with Crippen LogP contribution in [0.15, 0.2) is 18.2 Å². The lowest BCUT2D eigenvalue weighted by atomic mass is 9.92. The summed E-state index contributed by atoms with van der Waals surface area (Å²) < 4.78 is 10.7. The van der Waals surface area contributed by atoms with Crippen LogP contribution in [0.1, 0.15) is 25.3 Å². The van der Waals surface area contributed by atoms with E-state index in [1.807, 2.05) is 6.07 Å². The molecule has 0 aliphatic carbocycles. The molecule has 1 amide bonds.